The minimum atomic E-state index is -0.478. The molecule has 1 saturated heterocycles. The van der Waals surface area contributed by atoms with Crippen LogP contribution in [0, 0.1) is 0 Å². The minimum Gasteiger partial charge on any atom is -0.389 e. The number of hydrogen-bond acceptors (Lipinski definition) is 3. The zero-order valence-corrected chi connectivity index (χ0v) is 7.39. The lowest BCUT2D eigenvalue weighted by Gasteiger charge is -2.23. The molecule has 0 radical (unpaired) electrons. The van der Waals surface area contributed by atoms with Gasteiger partial charge in [0.25, 0.3) is 0 Å². The fourth-order valence-corrected chi connectivity index (χ4v) is 3.87. The van der Waals surface area contributed by atoms with E-state index in [-0.39, 0.29) is 0 Å². The molecule has 1 heterocycles. The van der Waals surface area contributed by atoms with Gasteiger partial charge >= 0.3 is 0 Å². The molecule has 1 nitrogen and oxygen atoms in total. The van der Waals surface area contributed by atoms with Gasteiger partial charge in [0.05, 0.1) is 5.60 Å². The first-order valence-electron chi connectivity index (χ1n) is 3.02. The molecule has 0 saturated carbocycles. The van der Waals surface area contributed by atoms with Crippen LogP contribution in [0.15, 0.2) is 0 Å². The molecule has 54 valence electrons. The van der Waals surface area contributed by atoms with Gasteiger partial charge in [0.2, 0.25) is 0 Å². The predicted molar refractivity (Wildman–Crippen MR) is 45.0 cm³/mol. The van der Waals surface area contributed by atoms with Crippen molar-refractivity contribution in [2.45, 2.75) is 24.7 Å². The van der Waals surface area contributed by atoms with E-state index >= 15 is 0 Å². The SMILES string of the molecule is CC(C)(O)C1CSCS1. The Morgan fingerprint density at radius 2 is 2.22 bits per heavy atom. The monoisotopic (exact) mass is 164 g/mol. The van der Waals surface area contributed by atoms with E-state index < -0.39 is 5.60 Å². The summed E-state index contributed by atoms with van der Waals surface area (Å²) in [5.41, 5.74) is -0.478. The van der Waals surface area contributed by atoms with E-state index in [9.17, 15) is 5.11 Å². The van der Waals surface area contributed by atoms with Gasteiger partial charge in [-0.2, -0.15) is 0 Å². The largest absolute Gasteiger partial charge is 0.389 e. The molecule has 3 heteroatoms. The molecule has 0 amide bonds. The zero-order valence-electron chi connectivity index (χ0n) is 5.76. The lowest BCUT2D eigenvalue weighted by molar-refractivity contribution is 0.0841. The van der Waals surface area contributed by atoms with Gasteiger partial charge < -0.3 is 5.11 Å². The summed E-state index contributed by atoms with van der Waals surface area (Å²) in [4.78, 5) is 0. The van der Waals surface area contributed by atoms with Crippen LogP contribution in [0.1, 0.15) is 13.8 Å². The molecule has 1 unspecified atom stereocenters. The van der Waals surface area contributed by atoms with Crippen LogP contribution in [0.2, 0.25) is 0 Å². The fourth-order valence-electron chi connectivity index (χ4n) is 0.741. The summed E-state index contributed by atoms with van der Waals surface area (Å²) >= 11 is 3.77. The molecule has 0 spiro atoms. The topological polar surface area (TPSA) is 20.2 Å². The maximum absolute atomic E-state index is 9.48. The predicted octanol–water partition coefficient (Wildman–Crippen LogP) is 1.56. The molecule has 0 aliphatic carbocycles. The van der Waals surface area contributed by atoms with Crippen LogP contribution >= 0.6 is 23.5 Å². The molecule has 9 heavy (non-hydrogen) atoms. The summed E-state index contributed by atoms with van der Waals surface area (Å²) in [6.07, 6.45) is 0. The molecule has 0 aromatic carbocycles. The van der Waals surface area contributed by atoms with Crippen LogP contribution in [0.3, 0.4) is 0 Å². The first kappa shape index (κ1) is 7.76. The highest BCUT2D eigenvalue weighted by atomic mass is 32.2. The van der Waals surface area contributed by atoms with E-state index in [1.807, 2.05) is 37.4 Å². The standard InChI is InChI=1S/C6H12OS2/c1-6(2,7)5-3-8-4-9-5/h5,7H,3-4H2,1-2H3. The molecular weight excluding hydrogens is 152 g/mol. The number of aliphatic hydroxyl groups is 1. The van der Waals surface area contributed by atoms with E-state index in [1.54, 1.807) is 0 Å². The van der Waals surface area contributed by atoms with Gasteiger partial charge in [-0.3, -0.25) is 0 Å². The summed E-state index contributed by atoms with van der Waals surface area (Å²) in [6, 6.07) is 0. The van der Waals surface area contributed by atoms with Crippen molar-refractivity contribution < 1.29 is 5.11 Å². The average Bonchev–Trinajstić information content (AvgIpc) is 2.08. The molecule has 1 fully saturated rings. The Balaban J connectivity index is 2.42. The van der Waals surface area contributed by atoms with Crippen molar-refractivity contribution in [3.05, 3.63) is 0 Å². The van der Waals surface area contributed by atoms with E-state index in [2.05, 4.69) is 0 Å². The van der Waals surface area contributed by atoms with E-state index in [1.165, 1.54) is 0 Å². The Morgan fingerprint density at radius 1 is 1.56 bits per heavy atom. The molecule has 0 bridgehead atoms. The van der Waals surface area contributed by atoms with E-state index in [0.29, 0.717) is 5.25 Å². The Morgan fingerprint density at radius 3 is 2.44 bits per heavy atom. The third-order valence-corrected chi connectivity index (χ3v) is 4.55. The highest BCUT2D eigenvalue weighted by molar-refractivity contribution is 8.19. The molecular formula is C6H12OS2. The first-order chi connectivity index (χ1) is 4.11. The number of rotatable bonds is 1. The second kappa shape index (κ2) is 2.72. The summed E-state index contributed by atoms with van der Waals surface area (Å²) < 4.78 is 0. The number of hydrogen-bond donors (Lipinski definition) is 1. The summed E-state index contributed by atoms with van der Waals surface area (Å²) in [5, 5.41) is 11.1. The average molecular weight is 164 g/mol. The zero-order chi connectivity index (χ0) is 6.91. The summed E-state index contributed by atoms with van der Waals surface area (Å²) in [6.45, 7) is 3.77. The minimum absolute atomic E-state index is 0.447. The van der Waals surface area contributed by atoms with Gasteiger partial charge in [-0.1, -0.05) is 0 Å². The Kier molecular flexibility index (Phi) is 2.35. The van der Waals surface area contributed by atoms with Crippen molar-refractivity contribution in [2.24, 2.45) is 0 Å². The Labute approximate surface area is 64.6 Å². The van der Waals surface area contributed by atoms with Crippen LogP contribution in [-0.4, -0.2) is 26.8 Å². The third kappa shape index (κ3) is 2.06. The van der Waals surface area contributed by atoms with E-state index in [0.717, 1.165) is 10.8 Å². The van der Waals surface area contributed by atoms with Crippen molar-refractivity contribution in [3.63, 3.8) is 0 Å². The smallest absolute Gasteiger partial charge is 0.0718 e. The highest BCUT2D eigenvalue weighted by Gasteiger charge is 2.30. The lowest BCUT2D eigenvalue weighted by atomic mass is 10.1. The molecule has 1 atom stereocenters. The lowest BCUT2D eigenvalue weighted by Crippen LogP contribution is -2.33. The van der Waals surface area contributed by atoms with Gasteiger partial charge in [0.15, 0.2) is 0 Å². The van der Waals surface area contributed by atoms with Crippen molar-refractivity contribution in [1.82, 2.24) is 0 Å². The second-order valence-electron chi connectivity index (χ2n) is 2.80. The van der Waals surface area contributed by atoms with Crippen LogP contribution < -0.4 is 0 Å². The van der Waals surface area contributed by atoms with Gasteiger partial charge in [-0.05, 0) is 13.8 Å². The summed E-state index contributed by atoms with van der Waals surface area (Å²) in [7, 11) is 0. The Hall–Kier alpha value is 0.660. The van der Waals surface area contributed by atoms with Gasteiger partial charge in [0, 0.05) is 16.1 Å². The number of thioether (sulfide) groups is 2. The second-order valence-corrected chi connectivity index (χ2v) is 5.38. The van der Waals surface area contributed by atoms with Crippen LogP contribution in [0.4, 0.5) is 0 Å². The van der Waals surface area contributed by atoms with Crippen molar-refractivity contribution >= 4 is 23.5 Å². The Bertz CT molecular complexity index is 91.7. The quantitative estimate of drug-likeness (QED) is 0.635. The molecule has 1 rings (SSSR count). The van der Waals surface area contributed by atoms with Crippen molar-refractivity contribution in [2.75, 3.05) is 10.8 Å². The van der Waals surface area contributed by atoms with Crippen molar-refractivity contribution in [3.8, 4) is 0 Å². The normalized spacial score (nSPS) is 29.0. The molecule has 1 N–H and O–H groups in total. The van der Waals surface area contributed by atoms with Crippen LogP contribution in [-0.2, 0) is 0 Å². The summed E-state index contributed by atoms with van der Waals surface area (Å²) in [5.74, 6) is 1.11. The van der Waals surface area contributed by atoms with Gasteiger partial charge in [0.1, 0.15) is 0 Å². The highest BCUT2D eigenvalue weighted by Crippen LogP contribution is 2.35. The van der Waals surface area contributed by atoms with Gasteiger partial charge in [-0.15, -0.1) is 23.5 Å². The maximum atomic E-state index is 9.48. The van der Waals surface area contributed by atoms with Crippen LogP contribution in [0.25, 0.3) is 0 Å². The first-order valence-corrected chi connectivity index (χ1v) is 5.23. The molecule has 0 aromatic rings. The van der Waals surface area contributed by atoms with E-state index in [4.69, 9.17) is 0 Å². The maximum Gasteiger partial charge on any atom is 0.0718 e. The molecule has 0 aromatic heterocycles. The van der Waals surface area contributed by atoms with Crippen molar-refractivity contribution in [1.29, 1.82) is 0 Å². The van der Waals surface area contributed by atoms with Crippen LogP contribution in [0.5, 0.6) is 0 Å². The third-order valence-electron chi connectivity index (χ3n) is 1.41. The molecule has 1 aliphatic rings. The fraction of sp³-hybridized carbons (Fsp3) is 1.00. The van der Waals surface area contributed by atoms with Gasteiger partial charge in [-0.25, -0.2) is 0 Å². The molecule has 1 aliphatic heterocycles.